The number of alkyl halides is 3. The van der Waals surface area contributed by atoms with Crippen molar-refractivity contribution in [1.29, 1.82) is 0 Å². The first-order valence-corrected chi connectivity index (χ1v) is 7.87. The average molecular weight is 355 g/mol. The predicted molar refractivity (Wildman–Crippen MR) is 79.1 cm³/mol. The molecule has 2 aromatic heterocycles. The fraction of sp³-hybridized carbons (Fsp3) is 0.286. The highest BCUT2D eigenvalue weighted by atomic mass is 32.2. The molecule has 0 saturated carbocycles. The first-order chi connectivity index (χ1) is 11.4. The lowest BCUT2D eigenvalue weighted by Crippen LogP contribution is -2.12. The molecule has 0 amide bonds. The lowest BCUT2D eigenvalue weighted by atomic mass is 10.1. The molecule has 2 heterocycles. The molecule has 0 radical (unpaired) electrons. The molecule has 0 bridgehead atoms. The van der Waals surface area contributed by atoms with Crippen molar-refractivity contribution in [2.45, 2.75) is 23.5 Å². The van der Waals surface area contributed by atoms with Crippen LogP contribution in [0.25, 0.3) is 0 Å². The van der Waals surface area contributed by atoms with Crippen molar-refractivity contribution in [3.63, 3.8) is 0 Å². The zero-order chi connectivity index (χ0) is 17.2. The van der Waals surface area contributed by atoms with Crippen molar-refractivity contribution in [1.82, 2.24) is 24.9 Å². The van der Waals surface area contributed by atoms with Crippen molar-refractivity contribution < 1.29 is 17.7 Å². The van der Waals surface area contributed by atoms with Gasteiger partial charge in [-0.15, -0.1) is 10.2 Å². The smallest absolute Gasteiger partial charge is 0.338 e. The highest BCUT2D eigenvalue weighted by Gasteiger charge is 2.37. The second-order valence-corrected chi connectivity index (χ2v) is 5.86. The second-order valence-electron chi connectivity index (χ2n) is 4.92. The van der Waals surface area contributed by atoms with Gasteiger partial charge in [-0.1, -0.05) is 47.3 Å². The van der Waals surface area contributed by atoms with Gasteiger partial charge in [-0.3, -0.25) is 0 Å². The summed E-state index contributed by atoms with van der Waals surface area (Å²) in [5, 5.41) is 10.7. The van der Waals surface area contributed by atoms with Gasteiger partial charge < -0.3 is 9.09 Å². The van der Waals surface area contributed by atoms with Gasteiger partial charge in [0.1, 0.15) is 0 Å². The van der Waals surface area contributed by atoms with Crippen molar-refractivity contribution in [3.8, 4) is 0 Å². The summed E-state index contributed by atoms with van der Waals surface area (Å²) >= 11 is 1.05. The third-order valence-corrected chi connectivity index (χ3v) is 4.13. The lowest BCUT2D eigenvalue weighted by Gasteiger charge is -2.05. The van der Waals surface area contributed by atoms with Gasteiger partial charge in [-0.2, -0.15) is 18.2 Å². The van der Waals surface area contributed by atoms with Gasteiger partial charge in [0.05, 0.1) is 5.75 Å². The minimum atomic E-state index is -4.53. The SMILES string of the molecule is Cn1c(SCc2nc(Cc3ccccc3)no2)nnc1C(F)(F)F. The number of halogens is 3. The topological polar surface area (TPSA) is 69.6 Å². The van der Waals surface area contributed by atoms with Crippen LogP contribution in [0.2, 0.25) is 0 Å². The van der Waals surface area contributed by atoms with E-state index in [-0.39, 0.29) is 10.9 Å². The number of hydrogen-bond acceptors (Lipinski definition) is 6. The van der Waals surface area contributed by atoms with Crippen molar-refractivity contribution >= 4 is 11.8 Å². The van der Waals surface area contributed by atoms with Crippen molar-refractivity contribution in [2.24, 2.45) is 7.05 Å². The number of nitrogens with zero attached hydrogens (tertiary/aromatic N) is 5. The number of hydrogen-bond donors (Lipinski definition) is 0. The molecule has 0 aliphatic rings. The van der Waals surface area contributed by atoms with Crippen molar-refractivity contribution in [3.05, 3.63) is 53.4 Å². The monoisotopic (exact) mass is 355 g/mol. The van der Waals surface area contributed by atoms with Gasteiger partial charge in [0, 0.05) is 13.5 Å². The average Bonchev–Trinajstić information content (AvgIpc) is 3.12. The Labute approximate surface area is 139 Å². The molecular weight excluding hydrogens is 343 g/mol. The fourth-order valence-electron chi connectivity index (χ4n) is 2.01. The Bertz CT molecular complexity index is 815. The Morgan fingerprint density at radius 2 is 1.92 bits per heavy atom. The van der Waals surface area contributed by atoms with Crippen LogP contribution in [0, 0.1) is 0 Å². The van der Waals surface area contributed by atoms with Crippen LogP contribution in [0.15, 0.2) is 40.0 Å². The van der Waals surface area contributed by atoms with Crippen LogP contribution in [-0.2, 0) is 25.4 Å². The molecule has 0 saturated heterocycles. The van der Waals surface area contributed by atoms with Gasteiger partial charge in [-0.25, -0.2) is 0 Å². The molecule has 0 spiro atoms. The van der Waals surface area contributed by atoms with Gasteiger partial charge in [0.25, 0.3) is 0 Å². The molecule has 0 unspecified atom stereocenters. The molecule has 0 fully saturated rings. The molecule has 6 nitrogen and oxygen atoms in total. The molecular formula is C14H12F3N5OS. The number of aromatic nitrogens is 5. The maximum Gasteiger partial charge on any atom is 0.451 e. The molecule has 0 N–H and O–H groups in total. The maximum absolute atomic E-state index is 12.7. The van der Waals surface area contributed by atoms with Crippen LogP contribution < -0.4 is 0 Å². The van der Waals surface area contributed by atoms with Gasteiger partial charge in [0.2, 0.25) is 11.7 Å². The summed E-state index contributed by atoms with van der Waals surface area (Å²) in [6.45, 7) is 0. The van der Waals surface area contributed by atoms with Crippen LogP contribution in [0.4, 0.5) is 13.2 Å². The predicted octanol–water partition coefficient (Wildman–Crippen LogP) is 3.10. The van der Waals surface area contributed by atoms with Crippen molar-refractivity contribution in [2.75, 3.05) is 0 Å². The van der Waals surface area contributed by atoms with Gasteiger partial charge >= 0.3 is 6.18 Å². The highest BCUT2D eigenvalue weighted by Crippen LogP contribution is 2.30. The Hall–Kier alpha value is -2.36. The minimum absolute atomic E-state index is 0.130. The van der Waals surface area contributed by atoms with E-state index in [9.17, 15) is 13.2 Å². The molecule has 0 atom stereocenters. The highest BCUT2D eigenvalue weighted by molar-refractivity contribution is 7.98. The van der Waals surface area contributed by atoms with E-state index in [2.05, 4.69) is 20.3 Å². The van der Waals surface area contributed by atoms with Crippen LogP contribution in [-0.4, -0.2) is 24.9 Å². The first kappa shape index (κ1) is 16.5. The second kappa shape index (κ2) is 6.63. The van der Waals surface area contributed by atoms with Crippen LogP contribution in [0.5, 0.6) is 0 Å². The quantitative estimate of drug-likeness (QED) is 0.655. The summed E-state index contributed by atoms with van der Waals surface area (Å²) in [6.07, 6.45) is -4.01. The van der Waals surface area contributed by atoms with E-state index < -0.39 is 12.0 Å². The summed E-state index contributed by atoms with van der Waals surface area (Å²) in [7, 11) is 1.26. The molecule has 24 heavy (non-hydrogen) atoms. The summed E-state index contributed by atoms with van der Waals surface area (Å²) in [6, 6.07) is 9.64. The summed E-state index contributed by atoms with van der Waals surface area (Å²) < 4.78 is 44.0. The summed E-state index contributed by atoms with van der Waals surface area (Å²) in [4.78, 5) is 4.23. The van der Waals surface area contributed by atoms with E-state index in [1.54, 1.807) is 0 Å². The van der Waals surface area contributed by atoms with Crippen LogP contribution in [0.1, 0.15) is 23.1 Å². The Balaban J connectivity index is 1.63. The third kappa shape index (κ3) is 3.75. The maximum atomic E-state index is 12.7. The van der Waals surface area contributed by atoms with E-state index in [1.165, 1.54) is 7.05 Å². The van der Waals surface area contributed by atoms with E-state index >= 15 is 0 Å². The van der Waals surface area contributed by atoms with E-state index in [0.29, 0.717) is 18.1 Å². The van der Waals surface area contributed by atoms with Gasteiger partial charge in [0.15, 0.2) is 11.0 Å². The number of rotatable bonds is 5. The fourth-order valence-corrected chi connectivity index (χ4v) is 2.76. The number of thioether (sulfide) groups is 1. The first-order valence-electron chi connectivity index (χ1n) is 6.88. The molecule has 126 valence electrons. The minimum Gasteiger partial charge on any atom is -0.338 e. The normalized spacial score (nSPS) is 11.8. The molecule has 0 aliphatic heterocycles. The lowest BCUT2D eigenvalue weighted by molar-refractivity contribution is -0.147. The van der Waals surface area contributed by atoms with Crippen LogP contribution >= 0.6 is 11.8 Å². The molecule has 1 aromatic carbocycles. The standard InChI is InChI=1S/C14H12F3N5OS/c1-22-12(14(15,16)17)19-20-13(22)24-8-11-18-10(21-23-11)7-9-5-3-2-4-6-9/h2-6H,7-8H2,1H3. The Kier molecular flexibility index (Phi) is 4.56. The summed E-state index contributed by atoms with van der Waals surface area (Å²) in [5.41, 5.74) is 1.04. The van der Waals surface area contributed by atoms with E-state index in [1.807, 2.05) is 30.3 Å². The van der Waals surface area contributed by atoms with Gasteiger partial charge in [-0.05, 0) is 5.56 Å². The third-order valence-electron chi connectivity index (χ3n) is 3.13. The molecule has 3 aromatic rings. The van der Waals surface area contributed by atoms with E-state index in [0.717, 1.165) is 21.9 Å². The van der Waals surface area contributed by atoms with Crippen LogP contribution in [0.3, 0.4) is 0 Å². The number of benzene rings is 1. The Morgan fingerprint density at radius 3 is 2.58 bits per heavy atom. The zero-order valence-electron chi connectivity index (χ0n) is 12.5. The summed E-state index contributed by atoms with van der Waals surface area (Å²) in [5.74, 6) is 0.0135. The largest absolute Gasteiger partial charge is 0.451 e. The Morgan fingerprint density at radius 1 is 1.17 bits per heavy atom. The van der Waals surface area contributed by atoms with E-state index in [4.69, 9.17) is 4.52 Å². The molecule has 3 rings (SSSR count). The molecule has 0 aliphatic carbocycles. The molecule has 10 heteroatoms. The zero-order valence-corrected chi connectivity index (χ0v) is 13.3.